The Morgan fingerprint density at radius 1 is 1.07 bits per heavy atom. The van der Waals surface area contributed by atoms with Crippen LogP contribution in [0.15, 0.2) is 64.5 Å². The SMILES string of the molecule is CC(C)n1c(SCC(=O)NC(=O)c2ccccc2)nc2ccccc2c1=O. The molecule has 1 N–H and O–H groups in total. The van der Waals surface area contributed by atoms with E-state index in [0.717, 1.165) is 11.8 Å². The van der Waals surface area contributed by atoms with Gasteiger partial charge in [-0.2, -0.15) is 0 Å². The van der Waals surface area contributed by atoms with Crippen LogP contribution in [0.25, 0.3) is 10.9 Å². The van der Waals surface area contributed by atoms with E-state index in [1.807, 2.05) is 19.9 Å². The second kappa shape index (κ2) is 8.18. The van der Waals surface area contributed by atoms with Crippen molar-refractivity contribution in [1.29, 1.82) is 0 Å². The number of nitrogens with zero attached hydrogens (tertiary/aromatic N) is 2. The lowest BCUT2D eigenvalue weighted by Crippen LogP contribution is -2.32. The third kappa shape index (κ3) is 4.25. The summed E-state index contributed by atoms with van der Waals surface area (Å²) in [5, 5.41) is 3.35. The second-order valence-electron chi connectivity index (χ2n) is 6.21. The number of fused-ring (bicyclic) bond motifs is 1. The fraction of sp³-hybridized carbons (Fsp3) is 0.200. The number of aromatic nitrogens is 2. The molecule has 0 aliphatic rings. The predicted molar refractivity (Wildman–Crippen MR) is 106 cm³/mol. The van der Waals surface area contributed by atoms with Crippen LogP contribution in [-0.2, 0) is 4.79 Å². The fourth-order valence-electron chi connectivity index (χ4n) is 2.64. The van der Waals surface area contributed by atoms with Gasteiger partial charge < -0.3 is 0 Å². The topological polar surface area (TPSA) is 81.1 Å². The first-order chi connectivity index (χ1) is 13.0. The first-order valence-electron chi connectivity index (χ1n) is 8.50. The van der Waals surface area contributed by atoms with Crippen LogP contribution in [0.4, 0.5) is 0 Å². The Labute approximate surface area is 160 Å². The van der Waals surface area contributed by atoms with Crippen LogP contribution in [0.3, 0.4) is 0 Å². The Morgan fingerprint density at radius 2 is 1.74 bits per heavy atom. The molecule has 3 aromatic rings. The smallest absolute Gasteiger partial charge is 0.262 e. The van der Waals surface area contributed by atoms with E-state index in [4.69, 9.17) is 0 Å². The highest BCUT2D eigenvalue weighted by molar-refractivity contribution is 7.99. The average Bonchev–Trinajstić information content (AvgIpc) is 2.66. The van der Waals surface area contributed by atoms with Gasteiger partial charge in [-0.1, -0.05) is 42.1 Å². The minimum Gasteiger partial charge on any atom is -0.292 e. The van der Waals surface area contributed by atoms with Gasteiger partial charge in [-0.15, -0.1) is 0 Å². The fourth-order valence-corrected chi connectivity index (χ4v) is 3.57. The number of imide groups is 1. The van der Waals surface area contributed by atoms with Crippen molar-refractivity contribution in [3.63, 3.8) is 0 Å². The maximum atomic E-state index is 12.8. The van der Waals surface area contributed by atoms with Crippen molar-refractivity contribution in [2.24, 2.45) is 0 Å². The van der Waals surface area contributed by atoms with E-state index in [1.165, 1.54) is 0 Å². The van der Waals surface area contributed by atoms with Crippen molar-refractivity contribution < 1.29 is 9.59 Å². The number of rotatable bonds is 5. The molecule has 0 bridgehead atoms. The third-order valence-electron chi connectivity index (χ3n) is 3.91. The van der Waals surface area contributed by atoms with Crippen LogP contribution in [0.5, 0.6) is 0 Å². The molecule has 0 aliphatic heterocycles. The van der Waals surface area contributed by atoms with Crippen LogP contribution < -0.4 is 10.9 Å². The normalized spacial score (nSPS) is 10.9. The highest BCUT2D eigenvalue weighted by Crippen LogP contribution is 2.20. The minimum atomic E-state index is -0.450. The highest BCUT2D eigenvalue weighted by Gasteiger charge is 2.16. The Kier molecular flexibility index (Phi) is 5.71. The molecule has 27 heavy (non-hydrogen) atoms. The number of hydrogen-bond acceptors (Lipinski definition) is 5. The number of nitrogens with one attached hydrogen (secondary N) is 1. The van der Waals surface area contributed by atoms with Crippen LogP contribution in [0, 0.1) is 0 Å². The Balaban J connectivity index is 1.78. The van der Waals surface area contributed by atoms with E-state index < -0.39 is 11.8 Å². The number of hydrogen-bond donors (Lipinski definition) is 1. The summed E-state index contributed by atoms with van der Waals surface area (Å²) in [6.07, 6.45) is 0. The number of para-hydroxylation sites is 1. The molecule has 0 atom stereocenters. The molecule has 3 rings (SSSR count). The molecule has 7 heteroatoms. The first kappa shape index (κ1) is 18.8. The van der Waals surface area contributed by atoms with Crippen molar-refractivity contribution in [2.75, 3.05) is 5.75 Å². The molecular weight excluding hydrogens is 362 g/mol. The molecule has 0 spiro atoms. The lowest BCUT2D eigenvalue weighted by atomic mass is 10.2. The van der Waals surface area contributed by atoms with Gasteiger partial charge in [0.15, 0.2) is 5.16 Å². The number of carbonyl (C=O) groups is 2. The second-order valence-corrected chi connectivity index (χ2v) is 7.15. The van der Waals surface area contributed by atoms with Gasteiger partial charge in [-0.3, -0.25) is 24.3 Å². The lowest BCUT2D eigenvalue weighted by Gasteiger charge is -2.15. The van der Waals surface area contributed by atoms with Crippen molar-refractivity contribution in [1.82, 2.24) is 14.9 Å². The number of carbonyl (C=O) groups excluding carboxylic acids is 2. The molecule has 6 nitrogen and oxygen atoms in total. The van der Waals surface area contributed by atoms with Gasteiger partial charge in [0.05, 0.1) is 16.7 Å². The molecule has 1 aromatic heterocycles. The summed E-state index contributed by atoms with van der Waals surface area (Å²) in [5.74, 6) is -0.906. The van der Waals surface area contributed by atoms with Gasteiger partial charge in [0.25, 0.3) is 11.5 Å². The summed E-state index contributed by atoms with van der Waals surface area (Å²) in [7, 11) is 0. The van der Waals surface area contributed by atoms with Crippen molar-refractivity contribution in [3.05, 3.63) is 70.5 Å². The van der Waals surface area contributed by atoms with Gasteiger partial charge in [0.1, 0.15) is 0 Å². The highest BCUT2D eigenvalue weighted by atomic mass is 32.2. The Bertz CT molecular complexity index is 1050. The molecule has 2 amide bonds. The summed E-state index contributed by atoms with van der Waals surface area (Å²) in [5.41, 5.74) is 0.861. The molecule has 0 unspecified atom stereocenters. The number of thioether (sulfide) groups is 1. The molecule has 0 saturated heterocycles. The molecule has 0 fully saturated rings. The zero-order valence-corrected chi connectivity index (χ0v) is 15.8. The largest absolute Gasteiger partial charge is 0.292 e. The zero-order chi connectivity index (χ0) is 19.4. The zero-order valence-electron chi connectivity index (χ0n) is 15.0. The van der Waals surface area contributed by atoms with E-state index in [9.17, 15) is 14.4 Å². The lowest BCUT2D eigenvalue weighted by molar-refractivity contribution is -0.117. The predicted octanol–water partition coefficient (Wildman–Crippen LogP) is 3.03. The third-order valence-corrected chi connectivity index (χ3v) is 4.87. The molecule has 1 heterocycles. The van der Waals surface area contributed by atoms with Gasteiger partial charge in [0, 0.05) is 11.6 Å². The van der Waals surface area contributed by atoms with Gasteiger partial charge in [-0.25, -0.2) is 4.98 Å². The maximum Gasteiger partial charge on any atom is 0.262 e. The molecule has 2 aromatic carbocycles. The standard InChI is InChI=1S/C20H19N3O3S/c1-13(2)23-19(26)15-10-6-7-11-16(15)21-20(23)27-12-17(24)22-18(25)14-8-4-3-5-9-14/h3-11,13H,12H2,1-2H3,(H,22,24,25). The summed E-state index contributed by atoms with van der Waals surface area (Å²) in [4.78, 5) is 41.5. The van der Waals surface area contributed by atoms with Crippen molar-refractivity contribution in [2.45, 2.75) is 25.0 Å². The van der Waals surface area contributed by atoms with Crippen molar-refractivity contribution in [3.8, 4) is 0 Å². The number of amides is 2. The molecule has 0 aliphatic carbocycles. The maximum absolute atomic E-state index is 12.8. The van der Waals surface area contributed by atoms with Crippen molar-refractivity contribution >= 4 is 34.5 Å². The van der Waals surface area contributed by atoms with Gasteiger partial charge in [-0.05, 0) is 38.1 Å². The van der Waals surface area contributed by atoms with Gasteiger partial charge >= 0.3 is 0 Å². The Hall–Kier alpha value is -2.93. The molecule has 138 valence electrons. The quantitative estimate of drug-likeness (QED) is 0.543. The molecule has 0 radical (unpaired) electrons. The minimum absolute atomic E-state index is 0.0178. The molecule has 0 saturated carbocycles. The van der Waals surface area contributed by atoms with Crippen LogP contribution >= 0.6 is 11.8 Å². The van der Waals surface area contributed by atoms with E-state index in [2.05, 4.69) is 10.3 Å². The van der Waals surface area contributed by atoms with Crippen LogP contribution in [0.2, 0.25) is 0 Å². The molecular formula is C20H19N3O3S. The first-order valence-corrected chi connectivity index (χ1v) is 9.49. The van der Waals surface area contributed by atoms with Gasteiger partial charge in [0.2, 0.25) is 5.91 Å². The van der Waals surface area contributed by atoms with E-state index >= 15 is 0 Å². The van der Waals surface area contributed by atoms with Crippen LogP contribution in [-0.4, -0.2) is 27.1 Å². The van der Waals surface area contributed by atoms with E-state index in [0.29, 0.717) is 21.6 Å². The summed E-state index contributed by atoms with van der Waals surface area (Å²) >= 11 is 1.14. The van der Waals surface area contributed by atoms with E-state index in [-0.39, 0.29) is 17.4 Å². The Morgan fingerprint density at radius 3 is 2.44 bits per heavy atom. The summed E-state index contributed by atoms with van der Waals surface area (Å²) in [6, 6.07) is 15.5. The summed E-state index contributed by atoms with van der Waals surface area (Å²) < 4.78 is 1.57. The number of benzene rings is 2. The summed E-state index contributed by atoms with van der Waals surface area (Å²) in [6.45, 7) is 3.78. The van der Waals surface area contributed by atoms with Crippen LogP contribution in [0.1, 0.15) is 30.2 Å². The monoisotopic (exact) mass is 381 g/mol. The average molecular weight is 381 g/mol. The van der Waals surface area contributed by atoms with E-state index in [1.54, 1.807) is 53.1 Å².